The summed E-state index contributed by atoms with van der Waals surface area (Å²) in [5.41, 5.74) is -0.502. The van der Waals surface area contributed by atoms with Crippen LogP contribution in [0.1, 0.15) is 22.8 Å². The molecule has 0 heterocycles. The van der Waals surface area contributed by atoms with Crippen LogP contribution >= 0.6 is 23.2 Å². The maximum atomic E-state index is 12.3. The van der Waals surface area contributed by atoms with Crippen molar-refractivity contribution < 1.29 is 14.7 Å². The van der Waals surface area contributed by atoms with Crippen molar-refractivity contribution in [2.24, 2.45) is 0 Å². The van der Waals surface area contributed by atoms with E-state index in [1.165, 1.54) is 37.3 Å². The fourth-order valence-corrected chi connectivity index (χ4v) is 2.14. The number of hydrogen-bond donors (Lipinski definition) is 2. The highest BCUT2D eigenvalue weighted by Crippen LogP contribution is 2.27. The van der Waals surface area contributed by atoms with Gasteiger partial charge in [0.05, 0.1) is 10.0 Å². The third-order valence-corrected chi connectivity index (χ3v) is 3.97. The van der Waals surface area contributed by atoms with Gasteiger partial charge >= 0.3 is 0 Å². The minimum Gasteiger partial charge on any atom is -0.376 e. The Morgan fingerprint density at radius 2 is 1.77 bits per heavy atom. The van der Waals surface area contributed by atoms with E-state index in [0.29, 0.717) is 33.1 Å². The highest BCUT2D eigenvalue weighted by atomic mass is 35.5. The normalized spacial score (nSPS) is 13.3. The summed E-state index contributed by atoms with van der Waals surface area (Å²) >= 11 is 11.7. The van der Waals surface area contributed by atoms with Crippen LogP contribution in [0.4, 0.5) is 5.69 Å². The molecule has 22 heavy (non-hydrogen) atoms. The fraction of sp³-hybridized carbons (Fsp3) is 0.125. The van der Waals surface area contributed by atoms with Gasteiger partial charge < -0.3 is 10.4 Å². The topological polar surface area (TPSA) is 66.4 Å². The zero-order valence-electron chi connectivity index (χ0n) is 11.6. The highest BCUT2D eigenvalue weighted by molar-refractivity contribution is 6.42. The molecule has 1 amide bonds. The van der Waals surface area contributed by atoms with Crippen molar-refractivity contribution in [2.75, 3.05) is 5.32 Å². The van der Waals surface area contributed by atoms with E-state index in [0.717, 1.165) is 0 Å². The summed E-state index contributed by atoms with van der Waals surface area (Å²) in [6, 6.07) is 10.7. The number of aliphatic hydroxyl groups is 1. The van der Waals surface area contributed by atoms with Gasteiger partial charge in [0, 0.05) is 11.3 Å². The van der Waals surface area contributed by atoms with Gasteiger partial charge in [0.2, 0.25) is 0 Å². The number of amides is 1. The molecule has 0 aliphatic carbocycles. The number of carbonyl (C=O) groups is 2. The number of rotatable bonds is 4. The molecule has 0 aliphatic rings. The van der Waals surface area contributed by atoms with E-state index in [1.54, 1.807) is 12.1 Å². The molecule has 0 saturated carbocycles. The van der Waals surface area contributed by atoms with Gasteiger partial charge in [0.15, 0.2) is 5.60 Å². The molecule has 2 N–H and O–H groups in total. The summed E-state index contributed by atoms with van der Waals surface area (Å²) in [5, 5.41) is 13.7. The summed E-state index contributed by atoms with van der Waals surface area (Å²) in [7, 11) is 0. The third-order valence-electron chi connectivity index (χ3n) is 3.23. The average Bonchev–Trinajstić information content (AvgIpc) is 2.51. The standard InChI is InChI=1S/C16H13Cl2NO3/c1-16(22,11-4-2-10(9-20)3-5-11)15(21)19-12-6-7-13(17)14(18)8-12/h2-9,22H,1H3,(H,19,21). The summed E-state index contributed by atoms with van der Waals surface area (Å²) in [6.07, 6.45) is 0.689. The fourth-order valence-electron chi connectivity index (χ4n) is 1.84. The molecule has 0 bridgehead atoms. The predicted octanol–water partition coefficient (Wildman–Crippen LogP) is 3.65. The van der Waals surface area contributed by atoms with Gasteiger partial charge in [0.25, 0.3) is 5.91 Å². The molecule has 114 valence electrons. The minimum atomic E-state index is -1.76. The van der Waals surface area contributed by atoms with Crippen molar-refractivity contribution in [1.82, 2.24) is 0 Å². The van der Waals surface area contributed by atoms with E-state index < -0.39 is 11.5 Å². The van der Waals surface area contributed by atoms with Gasteiger partial charge in [-0.3, -0.25) is 9.59 Å². The molecule has 1 atom stereocenters. The van der Waals surface area contributed by atoms with Gasteiger partial charge in [0.1, 0.15) is 6.29 Å². The number of aldehydes is 1. The monoisotopic (exact) mass is 337 g/mol. The second-order valence-electron chi connectivity index (χ2n) is 4.90. The second-order valence-corrected chi connectivity index (χ2v) is 5.71. The number of carbonyl (C=O) groups excluding carboxylic acids is 2. The Morgan fingerprint density at radius 3 is 2.32 bits per heavy atom. The van der Waals surface area contributed by atoms with E-state index in [2.05, 4.69) is 5.32 Å². The molecule has 1 unspecified atom stereocenters. The Hall–Kier alpha value is -1.88. The lowest BCUT2D eigenvalue weighted by Gasteiger charge is -2.23. The molecule has 0 radical (unpaired) electrons. The first-order valence-corrected chi connectivity index (χ1v) is 7.15. The Bertz CT molecular complexity index is 712. The Morgan fingerprint density at radius 1 is 1.14 bits per heavy atom. The summed E-state index contributed by atoms with van der Waals surface area (Å²) in [5.74, 6) is -0.621. The lowest BCUT2D eigenvalue weighted by atomic mass is 9.94. The number of benzene rings is 2. The molecular weight excluding hydrogens is 325 g/mol. The maximum Gasteiger partial charge on any atom is 0.260 e. The lowest BCUT2D eigenvalue weighted by molar-refractivity contribution is -0.133. The molecule has 2 rings (SSSR count). The molecule has 0 aromatic heterocycles. The van der Waals surface area contributed by atoms with E-state index in [4.69, 9.17) is 23.2 Å². The highest BCUT2D eigenvalue weighted by Gasteiger charge is 2.32. The SMILES string of the molecule is CC(O)(C(=O)Nc1ccc(Cl)c(Cl)c1)c1ccc(C=O)cc1. The quantitative estimate of drug-likeness (QED) is 0.837. The van der Waals surface area contributed by atoms with Gasteiger partial charge in [-0.2, -0.15) is 0 Å². The molecule has 2 aromatic carbocycles. The van der Waals surface area contributed by atoms with Crippen molar-refractivity contribution in [2.45, 2.75) is 12.5 Å². The van der Waals surface area contributed by atoms with Crippen LogP contribution in [0, 0.1) is 0 Å². The average molecular weight is 338 g/mol. The van der Waals surface area contributed by atoms with Crippen LogP contribution in [0.3, 0.4) is 0 Å². The van der Waals surface area contributed by atoms with Crippen LogP contribution in [-0.2, 0) is 10.4 Å². The van der Waals surface area contributed by atoms with Crippen molar-refractivity contribution in [1.29, 1.82) is 0 Å². The van der Waals surface area contributed by atoms with Crippen LogP contribution in [0.2, 0.25) is 10.0 Å². The molecule has 6 heteroatoms. The molecule has 0 spiro atoms. The Labute approximate surface area is 137 Å². The van der Waals surface area contributed by atoms with Crippen LogP contribution in [0.25, 0.3) is 0 Å². The van der Waals surface area contributed by atoms with Crippen molar-refractivity contribution >= 4 is 41.1 Å². The van der Waals surface area contributed by atoms with E-state index in [9.17, 15) is 14.7 Å². The molecule has 0 fully saturated rings. The van der Waals surface area contributed by atoms with Gasteiger partial charge in [-0.05, 0) is 30.7 Å². The van der Waals surface area contributed by atoms with Crippen molar-refractivity contribution in [3.05, 3.63) is 63.6 Å². The number of nitrogens with one attached hydrogen (secondary N) is 1. The first kappa shape index (κ1) is 16.5. The molecule has 2 aromatic rings. The Balaban J connectivity index is 2.21. The van der Waals surface area contributed by atoms with Crippen LogP contribution in [0.5, 0.6) is 0 Å². The predicted molar refractivity (Wildman–Crippen MR) is 86.5 cm³/mol. The van der Waals surface area contributed by atoms with Gasteiger partial charge in [-0.15, -0.1) is 0 Å². The molecule has 0 aliphatic heterocycles. The number of halogens is 2. The van der Waals surface area contributed by atoms with Crippen LogP contribution in [0.15, 0.2) is 42.5 Å². The molecular formula is C16H13Cl2NO3. The van der Waals surface area contributed by atoms with Gasteiger partial charge in [-0.1, -0.05) is 47.5 Å². The van der Waals surface area contributed by atoms with E-state index in [-0.39, 0.29) is 0 Å². The maximum absolute atomic E-state index is 12.3. The Kier molecular flexibility index (Phi) is 4.86. The zero-order valence-corrected chi connectivity index (χ0v) is 13.2. The van der Waals surface area contributed by atoms with Crippen molar-refractivity contribution in [3.8, 4) is 0 Å². The zero-order chi connectivity index (χ0) is 16.3. The molecule has 4 nitrogen and oxygen atoms in total. The lowest BCUT2D eigenvalue weighted by Crippen LogP contribution is -2.37. The number of hydrogen-bond acceptors (Lipinski definition) is 3. The number of anilines is 1. The molecule has 0 saturated heterocycles. The van der Waals surface area contributed by atoms with Crippen molar-refractivity contribution in [3.63, 3.8) is 0 Å². The summed E-state index contributed by atoms with van der Waals surface area (Å²) < 4.78 is 0. The summed E-state index contributed by atoms with van der Waals surface area (Å²) in [4.78, 5) is 22.9. The van der Waals surface area contributed by atoms with E-state index >= 15 is 0 Å². The third kappa shape index (κ3) is 3.47. The van der Waals surface area contributed by atoms with Gasteiger partial charge in [-0.25, -0.2) is 0 Å². The van der Waals surface area contributed by atoms with Crippen LogP contribution in [-0.4, -0.2) is 17.3 Å². The second kappa shape index (κ2) is 6.48. The minimum absolute atomic E-state index is 0.300. The van der Waals surface area contributed by atoms with E-state index in [1.807, 2.05) is 0 Å². The first-order chi connectivity index (χ1) is 10.3. The first-order valence-electron chi connectivity index (χ1n) is 6.39. The summed E-state index contributed by atoms with van der Waals surface area (Å²) in [6.45, 7) is 1.37. The smallest absolute Gasteiger partial charge is 0.260 e. The van der Waals surface area contributed by atoms with Crippen LogP contribution < -0.4 is 5.32 Å². The largest absolute Gasteiger partial charge is 0.376 e.